The first-order valence-electron chi connectivity index (χ1n) is 5.02. The smallest absolute Gasteiger partial charge is 0.166 e. The van der Waals surface area contributed by atoms with Crippen LogP contribution in [0.15, 0.2) is 18.3 Å². The minimum Gasteiger partial charge on any atom is -0.166 e. The molecule has 0 N–H and O–H groups in total. The highest BCUT2D eigenvalue weighted by Gasteiger charge is 2.40. The number of hydrogen-bond acceptors (Lipinski definition) is 1. The van der Waals surface area contributed by atoms with E-state index in [0.717, 1.165) is 12.3 Å². The minimum absolute atomic E-state index is 0.0592. The van der Waals surface area contributed by atoms with Crippen LogP contribution in [0.5, 0.6) is 0 Å². The lowest BCUT2D eigenvalue weighted by Gasteiger charge is -2.17. The Bertz CT molecular complexity index is 570. The number of rotatable bonds is 0. The van der Waals surface area contributed by atoms with Crippen molar-refractivity contribution in [1.29, 1.82) is 0 Å². The van der Waals surface area contributed by atoms with Crippen molar-refractivity contribution in [1.82, 2.24) is 0 Å². The van der Waals surface area contributed by atoms with Gasteiger partial charge in [-0.15, -0.1) is 0 Å². The summed E-state index contributed by atoms with van der Waals surface area (Å²) in [5.74, 6) is 0. The average molecular weight is 282 g/mol. The molecule has 1 aromatic carbocycles. The van der Waals surface area contributed by atoms with Crippen LogP contribution in [-0.2, 0) is 18.9 Å². The van der Waals surface area contributed by atoms with Gasteiger partial charge in [0.15, 0.2) is 0 Å². The third-order valence-corrected chi connectivity index (χ3v) is 2.63. The lowest BCUT2D eigenvalue weighted by Crippen LogP contribution is -2.17. The van der Waals surface area contributed by atoms with Crippen LogP contribution in [0.4, 0.5) is 26.3 Å². The lowest BCUT2D eigenvalue weighted by atomic mass is 9.95. The van der Waals surface area contributed by atoms with Gasteiger partial charge in [-0.3, -0.25) is 0 Å². The van der Waals surface area contributed by atoms with Gasteiger partial charge in [0.05, 0.1) is 11.1 Å². The summed E-state index contributed by atoms with van der Waals surface area (Å²) in [7, 11) is 0. The quantitative estimate of drug-likeness (QED) is 0.520. The summed E-state index contributed by atoms with van der Waals surface area (Å²) in [4.78, 5) is 11.0. The third kappa shape index (κ3) is 2.61. The molecular weight excluding hydrogens is 276 g/mol. The topological polar surface area (TPSA) is 20.1 Å². The van der Waals surface area contributed by atoms with Crippen LogP contribution in [0.3, 0.4) is 0 Å². The molecule has 0 fully saturated rings. The molecule has 2 rings (SSSR count). The second-order valence-electron chi connectivity index (χ2n) is 3.98. The normalized spacial score (nSPS) is 15.6. The van der Waals surface area contributed by atoms with Crippen molar-refractivity contribution in [2.75, 3.05) is 0 Å². The molecular formula is C11H6F6NO+. The van der Waals surface area contributed by atoms with Gasteiger partial charge in [-0.2, -0.15) is 26.3 Å². The van der Waals surface area contributed by atoms with Gasteiger partial charge >= 0.3 is 12.4 Å². The molecule has 0 saturated carbocycles. The molecule has 0 radical (unpaired) electrons. The molecule has 8 heteroatoms. The molecule has 102 valence electrons. The van der Waals surface area contributed by atoms with Gasteiger partial charge in [0.2, 0.25) is 12.7 Å². The zero-order valence-electron chi connectivity index (χ0n) is 9.14. The molecule has 19 heavy (non-hydrogen) atoms. The third-order valence-electron chi connectivity index (χ3n) is 2.63. The first-order valence-corrected chi connectivity index (χ1v) is 5.02. The van der Waals surface area contributed by atoms with E-state index in [2.05, 4.69) is 0 Å². The molecule has 1 heterocycles. The van der Waals surface area contributed by atoms with E-state index < -0.39 is 35.6 Å². The fourth-order valence-electron chi connectivity index (χ4n) is 1.82. The maximum atomic E-state index is 12.7. The molecule has 1 aliphatic rings. The van der Waals surface area contributed by atoms with Gasteiger partial charge in [-0.25, -0.2) is 0 Å². The van der Waals surface area contributed by atoms with Crippen LogP contribution >= 0.6 is 0 Å². The standard InChI is InChI=1S/C11H6F6NO/c12-10(13,14)7-3-6-5-18(19)2-1-8(6)9(4-7)11(15,16)17/h1-4H,5H2/q+1. The Hall–Kier alpha value is -1.86. The zero-order valence-corrected chi connectivity index (χ0v) is 9.14. The van der Waals surface area contributed by atoms with Gasteiger partial charge < -0.3 is 0 Å². The van der Waals surface area contributed by atoms with Crippen LogP contribution < -0.4 is 0 Å². The minimum atomic E-state index is -4.92. The summed E-state index contributed by atoms with van der Waals surface area (Å²) in [5, 5.41) is 0. The van der Waals surface area contributed by atoms with Crippen molar-refractivity contribution in [2.45, 2.75) is 18.9 Å². The highest BCUT2D eigenvalue weighted by atomic mass is 19.4. The number of fused-ring (bicyclic) bond motifs is 1. The van der Waals surface area contributed by atoms with Crippen LogP contribution in [0, 0.1) is 4.91 Å². The summed E-state index contributed by atoms with van der Waals surface area (Å²) >= 11 is 0. The Morgan fingerprint density at radius 2 is 1.63 bits per heavy atom. The fraction of sp³-hybridized carbons (Fsp3) is 0.273. The molecule has 0 bridgehead atoms. The predicted octanol–water partition coefficient (Wildman–Crippen LogP) is 3.99. The number of halogens is 6. The van der Waals surface area contributed by atoms with Crippen molar-refractivity contribution in [3.05, 3.63) is 45.5 Å². The van der Waals surface area contributed by atoms with Crippen LogP contribution in [0.1, 0.15) is 22.3 Å². The summed E-state index contributed by atoms with van der Waals surface area (Å²) < 4.78 is 76.1. The Kier molecular flexibility index (Phi) is 2.91. The Labute approximate surface area is 102 Å². The van der Waals surface area contributed by atoms with Crippen LogP contribution in [0.2, 0.25) is 0 Å². The van der Waals surface area contributed by atoms with Gasteiger partial charge in [0.25, 0.3) is 0 Å². The summed E-state index contributed by atoms with van der Waals surface area (Å²) in [6.07, 6.45) is -8.09. The SMILES string of the molecule is O=[N+]1C=Cc2c(cc(C(F)(F)F)cc2C(F)(F)F)C1. The second kappa shape index (κ2) is 4.07. The number of benzene rings is 1. The van der Waals surface area contributed by atoms with E-state index in [9.17, 15) is 31.2 Å². The second-order valence-corrected chi connectivity index (χ2v) is 3.98. The predicted molar refractivity (Wildman–Crippen MR) is 52.8 cm³/mol. The molecule has 2 nitrogen and oxygen atoms in total. The first kappa shape index (κ1) is 13.6. The van der Waals surface area contributed by atoms with E-state index in [-0.39, 0.29) is 16.4 Å². The van der Waals surface area contributed by atoms with Gasteiger partial charge in [-0.1, -0.05) is 0 Å². The van der Waals surface area contributed by atoms with Crippen LogP contribution in [0.25, 0.3) is 6.08 Å². The van der Waals surface area contributed by atoms with Gasteiger partial charge in [-0.05, 0) is 12.1 Å². The molecule has 0 spiro atoms. The van der Waals surface area contributed by atoms with E-state index in [1.54, 1.807) is 0 Å². The Morgan fingerprint density at radius 3 is 2.16 bits per heavy atom. The molecule has 0 aromatic heterocycles. The number of nitroso groups, excluding NO2 is 1. The van der Waals surface area contributed by atoms with E-state index >= 15 is 0 Å². The van der Waals surface area contributed by atoms with E-state index in [0.29, 0.717) is 6.07 Å². The van der Waals surface area contributed by atoms with Crippen molar-refractivity contribution >= 4 is 6.08 Å². The highest BCUT2D eigenvalue weighted by Crippen LogP contribution is 2.40. The first-order chi connectivity index (χ1) is 8.59. The lowest BCUT2D eigenvalue weighted by molar-refractivity contribution is -0.496. The molecule has 0 aliphatic carbocycles. The zero-order chi connectivity index (χ0) is 14.4. The highest BCUT2D eigenvalue weighted by molar-refractivity contribution is 5.60. The molecule has 1 aromatic rings. The van der Waals surface area contributed by atoms with Crippen molar-refractivity contribution in [3.63, 3.8) is 0 Å². The van der Waals surface area contributed by atoms with Crippen LogP contribution in [-0.4, -0.2) is 4.76 Å². The number of alkyl halides is 6. The van der Waals surface area contributed by atoms with E-state index in [1.165, 1.54) is 0 Å². The van der Waals surface area contributed by atoms with Gasteiger partial charge in [0.1, 0.15) is 0 Å². The molecule has 0 unspecified atom stereocenters. The van der Waals surface area contributed by atoms with E-state index in [4.69, 9.17) is 0 Å². The summed E-state index contributed by atoms with van der Waals surface area (Å²) in [5.41, 5.74) is -3.49. The van der Waals surface area contributed by atoms with Crippen molar-refractivity contribution < 1.29 is 31.1 Å². The summed E-state index contributed by atoms with van der Waals surface area (Å²) in [6, 6.07) is 0.628. The Balaban J connectivity index is 2.71. The molecule has 0 saturated heterocycles. The molecule has 1 aliphatic heterocycles. The maximum Gasteiger partial charge on any atom is 0.417 e. The number of nitrogens with zero attached hydrogens (tertiary/aromatic N) is 1. The average Bonchev–Trinajstić information content (AvgIpc) is 2.24. The maximum absolute atomic E-state index is 12.7. The van der Waals surface area contributed by atoms with Gasteiger partial charge in [0, 0.05) is 26.9 Å². The Morgan fingerprint density at radius 1 is 1.00 bits per heavy atom. The van der Waals surface area contributed by atoms with Crippen molar-refractivity contribution in [2.24, 2.45) is 0 Å². The van der Waals surface area contributed by atoms with Crippen molar-refractivity contribution in [3.8, 4) is 0 Å². The number of hydrogen-bond donors (Lipinski definition) is 0. The fourth-order valence-corrected chi connectivity index (χ4v) is 1.82. The summed E-state index contributed by atoms with van der Waals surface area (Å²) in [6.45, 7) is -0.543. The molecule has 0 atom stereocenters. The molecule has 0 amide bonds. The largest absolute Gasteiger partial charge is 0.417 e. The van der Waals surface area contributed by atoms with E-state index in [1.807, 2.05) is 0 Å². The monoisotopic (exact) mass is 282 g/mol.